The molecule has 1 aliphatic carbocycles. The summed E-state index contributed by atoms with van der Waals surface area (Å²) in [6.45, 7) is 0. The van der Waals surface area contributed by atoms with Crippen LogP contribution in [0.4, 0.5) is 11.4 Å². The molecule has 1 heterocycles. The summed E-state index contributed by atoms with van der Waals surface area (Å²) in [4.78, 5) is 12.5. The second kappa shape index (κ2) is 8.58. The molecule has 1 aliphatic heterocycles. The van der Waals surface area contributed by atoms with Gasteiger partial charge in [0.15, 0.2) is 0 Å². The number of nitrogens with zero attached hydrogens (tertiary/aromatic N) is 2. The van der Waals surface area contributed by atoms with Crippen LogP contribution in [0.25, 0.3) is 43.1 Å². The van der Waals surface area contributed by atoms with Gasteiger partial charge in [0.05, 0.1) is 23.5 Å². The summed E-state index contributed by atoms with van der Waals surface area (Å²) in [5, 5.41) is 8.47. The molecule has 0 bridgehead atoms. The highest BCUT2D eigenvalue weighted by Gasteiger charge is 2.56. The van der Waals surface area contributed by atoms with E-state index in [-0.39, 0.29) is 12.1 Å². The fraction of sp³-hybridized carbons (Fsp3) is 0.176. The Bertz CT molecular complexity index is 1720. The Morgan fingerprint density at radius 2 is 0.846 bits per heavy atom. The highest BCUT2D eigenvalue weighted by Crippen LogP contribution is 2.66. The van der Waals surface area contributed by atoms with E-state index in [2.05, 4.69) is 60.7 Å². The molecule has 0 unspecified atom stereocenters. The Morgan fingerprint density at radius 1 is 0.538 bits per heavy atom. The van der Waals surface area contributed by atoms with E-state index in [9.17, 15) is 4.89 Å². The van der Waals surface area contributed by atoms with Gasteiger partial charge in [-0.25, -0.2) is 4.57 Å². The van der Waals surface area contributed by atoms with Gasteiger partial charge in [-0.3, -0.25) is 9.34 Å². The molecular weight excluding hydrogens is 499 g/mol. The number of fused-ring (bicyclic) bond motifs is 5. The van der Waals surface area contributed by atoms with Crippen LogP contribution in [0.3, 0.4) is 0 Å². The third-order valence-electron chi connectivity index (χ3n) is 8.83. The summed E-state index contributed by atoms with van der Waals surface area (Å²) in [5.41, 5.74) is 1.77. The maximum Gasteiger partial charge on any atom is 0.395 e. The Morgan fingerprint density at radius 3 is 1.18 bits per heavy atom. The van der Waals surface area contributed by atoms with E-state index in [1.165, 1.54) is 0 Å². The molecule has 192 valence electrons. The molecule has 6 aromatic rings. The maximum atomic E-state index is 15.2. The normalized spacial score (nSPS) is 20.7. The van der Waals surface area contributed by atoms with E-state index in [1.807, 2.05) is 57.9 Å². The van der Waals surface area contributed by atoms with Crippen molar-refractivity contribution in [3.05, 3.63) is 109 Å². The van der Waals surface area contributed by atoms with Crippen molar-refractivity contribution in [2.75, 3.05) is 9.34 Å². The zero-order chi connectivity index (χ0) is 26.1. The summed E-state index contributed by atoms with van der Waals surface area (Å²) in [5.74, 6) is 0. The Kier molecular flexibility index (Phi) is 5.07. The summed E-state index contributed by atoms with van der Waals surface area (Å²) in [6.07, 6.45) is 3.91. The van der Waals surface area contributed by atoms with Crippen LogP contribution in [0, 0.1) is 0 Å². The molecule has 4 nitrogen and oxygen atoms in total. The lowest BCUT2D eigenvalue weighted by Crippen LogP contribution is -2.40. The molecule has 0 spiro atoms. The van der Waals surface area contributed by atoms with Crippen molar-refractivity contribution in [2.45, 2.75) is 37.8 Å². The first-order valence-electron chi connectivity index (χ1n) is 13.9. The quantitative estimate of drug-likeness (QED) is 0.180. The number of hydrogen-bond acceptors (Lipinski definition) is 1. The molecule has 0 amide bonds. The predicted molar refractivity (Wildman–Crippen MR) is 164 cm³/mol. The second-order valence-electron chi connectivity index (χ2n) is 11.0. The summed E-state index contributed by atoms with van der Waals surface area (Å²) < 4.78 is 19.1. The van der Waals surface area contributed by atoms with Crippen LogP contribution in [0.5, 0.6) is 0 Å². The van der Waals surface area contributed by atoms with Crippen LogP contribution in [0.2, 0.25) is 0 Å². The number of anilines is 2. The van der Waals surface area contributed by atoms with E-state index in [0.717, 1.165) is 80.1 Å². The van der Waals surface area contributed by atoms with Crippen molar-refractivity contribution in [2.24, 2.45) is 0 Å². The smallest absolute Gasteiger partial charge is 0.313 e. The van der Waals surface area contributed by atoms with E-state index in [4.69, 9.17) is 0 Å². The van der Waals surface area contributed by atoms with Crippen molar-refractivity contribution in [3.8, 4) is 0 Å². The fourth-order valence-electron chi connectivity index (χ4n) is 7.22. The molecule has 1 saturated heterocycles. The molecule has 6 aromatic carbocycles. The summed E-state index contributed by atoms with van der Waals surface area (Å²) in [6, 6.07) is 37.4. The van der Waals surface area contributed by atoms with Gasteiger partial charge in [0.2, 0.25) is 0 Å². The van der Waals surface area contributed by atoms with Crippen molar-refractivity contribution in [3.63, 3.8) is 0 Å². The molecule has 8 rings (SSSR count). The molecule has 1 saturated carbocycles. The van der Waals surface area contributed by atoms with Gasteiger partial charge in [0, 0.05) is 21.5 Å². The minimum atomic E-state index is -4.06. The number of hydrogen-bond donors (Lipinski definition) is 1. The molecule has 0 aromatic heterocycles. The van der Waals surface area contributed by atoms with E-state index >= 15 is 4.57 Å². The monoisotopic (exact) mass is 528 g/mol. The first-order valence-corrected chi connectivity index (χ1v) is 15.4. The highest BCUT2D eigenvalue weighted by molar-refractivity contribution is 7.62. The minimum Gasteiger partial charge on any atom is -0.313 e. The molecule has 1 N–H and O–H groups in total. The predicted octanol–water partition coefficient (Wildman–Crippen LogP) is 9.04. The van der Waals surface area contributed by atoms with Gasteiger partial charge < -0.3 is 4.89 Å². The molecule has 39 heavy (non-hydrogen) atoms. The first kappa shape index (κ1) is 23.1. The zero-order valence-electron chi connectivity index (χ0n) is 21.6. The van der Waals surface area contributed by atoms with E-state index in [0.29, 0.717) is 0 Å². The van der Waals surface area contributed by atoms with Gasteiger partial charge in [-0.1, -0.05) is 110 Å². The largest absolute Gasteiger partial charge is 0.395 e. The maximum absolute atomic E-state index is 15.2. The van der Waals surface area contributed by atoms with E-state index < -0.39 is 7.67 Å². The van der Waals surface area contributed by atoms with Crippen LogP contribution in [0.15, 0.2) is 109 Å². The van der Waals surface area contributed by atoms with Crippen LogP contribution < -0.4 is 9.34 Å². The van der Waals surface area contributed by atoms with Crippen molar-refractivity contribution in [1.29, 1.82) is 0 Å². The third kappa shape index (κ3) is 3.32. The third-order valence-corrected chi connectivity index (χ3v) is 10.9. The van der Waals surface area contributed by atoms with Gasteiger partial charge in [-0.2, -0.15) is 0 Å². The topological polar surface area (TPSA) is 43.8 Å². The lowest BCUT2D eigenvalue weighted by Gasteiger charge is -2.33. The van der Waals surface area contributed by atoms with Gasteiger partial charge in [-0.05, 0) is 46.5 Å². The van der Waals surface area contributed by atoms with Crippen molar-refractivity contribution >= 4 is 62.1 Å². The van der Waals surface area contributed by atoms with Crippen LogP contribution >= 0.6 is 7.67 Å². The fourth-order valence-corrected chi connectivity index (χ4v) is 9.69. The molecule has 5 heteroatoms. The van der Waals surface area contributed by atoms with Crippen molar-refractivity contribution in [1.82, 2.24) is 0 Å². The molecule has 2 atom stereocenters. The van der Waals surface area contributed by atoms with Crippen LogP contribution in [-0.4, -0.2) is 17.0 Å². The SMILES string of the molecule is O=P1(O)N(c2c3ccccc3cc3ccccc23)[C@@H]2CCCC[C@H]2N1c1c2ccccc2cc2ccccc12. The lowest BCUT2D eigenvalue weighted by molar-refractivity contribution is 0.410. The lowest BCUT2D eigenvalue weighted by atomic mass is 9.88. The first-order chi connectivity index (χ1) is 19.1. The Balaban J connectivity index is 1.46. The van der Waals surface area contributed by atoms with Crippen molar-refractivity contribution < 1.29 is 9.46 Å². The average molecular weight is 529 g/mol. The number of benzene rings is 6. The van der Waals surface area contributed by atoms with E-state index in [1.54, 1.807) is 0 Å². The van der Waals surface area contributed by atoms with Gasteiger partial charge in [0.25, 0.3) is 0 Å². The van der Waals surface area contributed by atoms with Crippen LogP contribution in [-0.2, 0) is 4.57 Å². The molecule has 2 aliphatic rings. The second-order valence-corrected chi connectivity index (χ2v) is 12.8. The summed E-state index contributed by atoms with van der Waals surface area (Å²) in [7, 11) is -4.06. The Hall–Kier alpha value is -3.85. The van der Waals surface area contributed by atoms with Gasteiger partial charge >= 0.3 is 7.67 Å². The molecule has 0 radical (unpaired) electrons. The van der Waals surface area contributed by atoms with Crippen LogP contribution in [0.1, 0.15) is 25.7 Å². The van der Waals surface area contributed by atoms with Gasteiger partial charge in [0.1, 0.15) is 0 Å². The minimum absolute atomic E-state index is 0.0541. The molecular formula is C34H29N2O2P. The average Bonchev–Trinajstić information content (AvgIpc) is 3.20. The standard InChI is InChI=1S/C34H29N2O2P/c37-39(38)35(33-27-15-5-1-11-23(27)21-24-12-2-6-16-28(24)33)31-19-9-10-20-32(31)36(39)34-29-17-7-3-13-25(29)22-26-14-4-8-18-30(26)34/h1-8,11-18,21-22,31-32H,9-10,19-20H2,(H,37,38)/t31-,32-/m1/s1. The highest BCUT2D eigenvalue weighted by atomic mass is 31.2. The zero-order valence-corrected chi connectivity index (χ0v) is 22.5. The van der Waals surface area contributed by atoms with Gasteiger partial charge in [-0.15, -0.1) is 0 Å². The summed E-state index contributed by atoms with van der Waals surface area (Å²) >= 11 is 0. The number of rotatable bonds is 2. The Labute approximate surface area is 227 Å². The molecule has 2 fully saturated rings.